The van der Waals surface area contributed by atoms with Crippen LogP contribution >= 0.6 is 11.6 Å². The molecule has 1 aliphatic rings. The van der Waals surface area contributed by atoms with Crippen molar-refractivity contribution in [1.82, 2.24) is 5.32 Å². The number of urea groups is 1. The number of carbonyl (C=O) groups excluding carboxylic acids is 2. The largest absolute Gasteiger partial charge is 0.420 e. The summed E-state index contributed by atoms with van der Waals surface area (Å²) in [6, 6.07) is -0.956. The first-order valence-corrected chi connectivity index (χ1v) is 10.1. The van der Waals surface area contributed by atoms with E-state index in [0.29, 0.717) is 12.1 Å². The minimum atomic E-state index is -5.67. The Morgan fingerprint density at radius 3 is 2.16 bits per heavy atom. The van der Waals surface area contributed by atoms with Crippen molar-refractivity contribution in [2.45, 2.75) is 23.3 Å². The zero-order valence-electron chi connectivity index (χ0n) is 18.5. The SMILES string of the molecule is [B]C1(O)NC(=O)N(c2cc(C(F)(F)F)cc(C(F)(F)F)c2OC(=O)N(C)c2ccc(F)c(Cl)c2F)C1([B])[B]. The first kappa shape index (κ1) is 29.4. The highest BCUT2D eigenvalue weighted by molar-refractivity contribution is 6.50. The maximum Gasteiger partial charge on any atom is 0.420 e. The summed E-state index contributed by atoms with van der Waals surface area (Å²) in [7, 11) is 17.2. The molecule has 3 rings (SSSR count). The van der Waals surface area contributed by atoms with Crippen LogP contribution in [0.3, 0.4) is 0 Å². The molecule has 2 N–H and O–H groups in total. The molecule has 1 fully saturated rings. The van der Waals surface area contributed by atoms with E-state index in [9.17, 15) is 49.8 Å². The average molecular weight is 563 g/mol. The van der Waals surface area contributed by atoms with Crippen molar-refractivity contribution in [3.05, 3.63) is 52.0 Å². The zero-order chi connectivity index (χ0) is 29.2. The van der Waals surface area contributed by atoms with E-state index in [4.69, 9.17) is 35.1 Å². The Morgan fingerprint density at radius 2 is 1.68 bits per heavy atom. The van der Waals surface area contributed by atoms with E-state index in [1.165, 1.54) is 0 Å². The van der Waals surface area contributed by atoms with Gasteiger partial charge in [0, 0.05) is 12.4 Å². The Balaban J connectivity index is 2.27. The summed E-state index contributed by atoms with van der Waals surface area (Å²) >= 11 is 5.42. The molecular formula is C19H9B3ClF8N3O4. The van der Waals surface area contributed by atoms with Gasteiger partial charge in [0.15, 0.2) is 11.6 Å². The third-order valence-corrected chi connectivity index (χ3v) is 5.61. The second-order valence-electron chi connectivity index (χ2n) is 7.85. The van der Waals surface area contributed by atoms with Gasteiger partial charge in [-0.15, -0.1) is 0 Å². The predicted octanol–water partition coefficient (Wildman–Crippen LogP) is 3.63. The average Bonchev–Trinajstić information content (AvgIpc) is 2.92. The normalized spacial score (nSPS) is 19.3. The molecule has 0 aliphatic carbocycles. The lowest BCUT2D eigenvalue weighted by Crippen LogP contribution is -2.63. The molecule has 0 bridgehead atoms. The molecule has 1 aliphatic heterocycles. The molecule has 3 amide bonds. The molecular weight excluding hydrogens is 554 g/mol. The van der Waals surface area contributed by atoms with Crippen LogP contribution in [0.1, 0.15) is 11.1 Å². The Morgan fingerprint density at radius 1 is 1.11 bits per heavy atom. The summed E-state index contributed by atoms with van der Waals surface area (Å²) in [6.45, 7) is 0. The smallest absolute Gasteiger partial charge is 0.407 e. The fourth-order valence-electron chi connectivity index (χ4n) is 3.26. The number of ether oxygens (including phenoxy) is 1. The van der Waals surface area contributed by atoms with Crippen LogP contribution in [0.15, 0.2) is 24.3 Å². The molecule has 19 heteroatoms. The van der Waals surface area contributed by atoms with Gasteiger partial charge in [-0.1, -0.05) is 11.6 Å². The third kappa shape index (κ3) is 4.98. The van der Waals surface area contributed by atoms with Gasteiger partial charge in [-0.2, -0.15) is 26.3 Å². The van der Waals surface area contributed by atoms with Crippen LogP contribution in [0.25, 0.3) is 0 Å². The number of anilines is 2. The highest BCUT2D eigenvalue weighted by Crippen LogP contribution is 2.48. The number of halogens is 9. The number of amides is 3. The van der Waals surface area contributed by atoms with E-state index in [2.05, 4.69) is 4.74 Å². The monoisotopic (exact) mass is 563 g/mol. The van der Waals surface area contributed by atoms with Crippen LogP contribution in [-0.2, 0) is 12.4 Å². The maximum absolute atomic E-state index is 14.4. The second-order valence-corrected chi connectivity index (χ2v) is 8.22. The summed E-state index contributed by atoms with van der Waals surface area (Å²) in [6.07, 6.45) is -13.0. The Labute approximate surface area is 216 Å². The van der Waals surface area contributed by atoms with Crippen molar-refractivity contribution < 1.29 is 54.6 Å². The number of aliphatic hydroxyl groups is 1. The molecule has 0 saturated carbocycles. The lowest BCUT2D eigenvalue weighted by molar-refractivity contribution is -0.143. The van der Waals surface area contributed by atoms with Gasteiger partial charge in [0.2, 0.25) is 0 Å². The second kappa shape index (κ2) is 9.26. The molecule has 1 heterocycles. The lowest BCUT2D eigenvalue weighted by Gasteiger charge is -2.40. The first-order valence-electron chi connectivity index (χ1n) is 9.74. The molecule has 0 aromatic heterocycles. The molecule has 6 radical (unpaired) electrons. The highest BCUT2D eigenvalue weighted by Gasteiger charge is 2.54. The van der Waals surface area contributed by atoms with E-state index in [1.54, 1.807) is 5.32 Å². The van der Waals surface area contributed by atoms with Gasteiger partial charge in [0.05, 0.1) is 38.3 Å². The van der Waals surface area contributed by atoms with Gasteiger partial charge in [0.1, 0.15) is 24.2 Å². The van der Waals surface area contributed by atoms with Crippen molar-refractivity contribution >= 4 is 58.6 Å². The van der Waals surface area contributed by atoms with Crippen molar-refractivity contribution in [3.63, 3.8) is 0 Å². The number of alkyl halides is 6. The van der Waals surface area contributed by atoms with Crippen LogP contribution in [-0.4, -0.2) is 58.8 Å². The number of benzene rings is 2. The molecule has 2 aromatic rings. The Bertz CT molecular complexity index is 1320. The molecule has 7 nitrogen and oxygen atoms in total. The molecule has 196 valence electrons. The van der Waals surface area contributed by atoms with Gasteiger partial charge in [-0.3, -0.25) is 9.80 Å². The predicted molar refractivity (Wildman–Crippen MR) is 118 cm³/mol. The molecule has 1 atom stereocenters. The van der Waals surface area contributed by atoms with Gasteiger partial charge in [-0.25, -0.2) is 18.4 Å². The van der Waals surface area contributed by atoms with Crippen molar-refractivity contribution in [2.75, 3.05) is 16.8 Å². The molecule has 1 saturated heterocycles. The molecule has 38 heavy (non-hydrogen) atoms. The Kier molecular flexibility index (Phi) is 7.17. The number of carbonyl (C=O) groups is 2. The third-order valence-electron chi connectivity index (χ3n) is 5.26. The molecule has 2 aromatic carbocycles. The number of hydrogen-bond donors (Lipinski definition) is 2. The van der Waals surface area contributed by atoms with Crippen LogP contribution in [0, 0.1) is 11.6 Å². The summed E-state index contributed by atoms with van der Waals surface area (Å²) in [5.41, 5.74) is -9.68. The van der Waals surface area contributed by atoms with E-state index in [1.807, 2.05) is 0 Å². The first-order chi connectivity index (χ1) is 17.1. The van der Waals surface area contributed by atoms with Crippen LogP contribution in [0.4, 0.5) is 56.1 Å². The van der Waals surface area contributed by atoms with Gasteiger partial charge >= 0.3 is 24.5 Å². The van der Waals surface area contributed by atoms with Gasteiger partial charge in [-0.05, 0) is 24.3 Å². The summed E-state index contributed by atoms with van der Waals surface area (Å²) in [5.74, 6) is -4.55. The topological polar surface area (TPSA) is 82.1 Å². The van der Waals surface area contributed by atoms with E-state index in [-0.39, 0.29) is 15.9 Å². The number of rotatable bonds is 3. The minimum Gasteiger partial charge on any atom is -0.407 e. The van der Waals surface area contributed by atoms with Gasteiger partial charge in [0.25, 0.3) is 0 Å². The fourth-order valence-corrected chi connectivity index (χ4v) is 3.42. The lowest BCUT2D eigenvalue weighted by atomic mass is 9.50. The summed E-state index contributed by atoms with van der Waals surface area (Å²) < 4.78 is 115. The zero-order valence-corrected chi connectivity index (χ0v) is 19.3. The maximum atomic E-state index is 14.4. The summed E-state index contributed by atoms with van der Waals surface area (Å²) in [4.78, 5) is 25.2. The quantitative estimate of drug-likeness (QED) is 0.340. The minimum absolute atomic E-state index is 0.0807. The standard InChI is InChI=1S/C19H9B3ClF8N3O4/c1-33(9-3-2-8(24)11(23)12(9)25)15(36)38-13-7(17(29,30)31)4-6(16(26,27)28)5-10(13)34-14(35)32-19(22,37)18(34,20)21/h2-5,37H,1H3,(H,32,35). The number of hydrogen-bond acceptors (Lipinski definition) is 4. The fraction of sp³-hybridized carbons (Fsp3) is 0.263. The van der Waals surface area contributed by atoms with Crippen molar-refractivity contribution in [2.24, 2.45) is 0 Å². The van der Waals surface area contributed by atoms with Crippen LogP contribution < -0.4 is 19.9 Å². The number of nitrogens with one attached hydrogen (secondary N) is 1. The van der Waals surface area contributed by atoms with Crippen molar-refractivity contribution in [3.8, 4) is 5.75 Å². The van der Waals surface area contributed by atoms with E-state index in [0.717, 1.165) is 7.05 Å². The van der Waals surface area contributed by atoms with E-state index < -0.39 is 86.4 Å². The van der Waals surface area contributed by atoms with E-state index >= 15 is 0 Å². The molecule has 0 spiro atoms. The van der Waals surface area contributed by atoms with Gasteiger partial charge < -0.3 is 15.2 Å². The summed E-state index contributed by atoms with van der Waals surface area (Å²) in [5, 5.41) is 7.43. The van der Waals surface area contributed by atoms with Crippen LogP contribution in [0.2, 0.25) is 5.02 Å². The number of nitrogens with zero attached hydrogens (tertiary/aromatic N) is 2. The van der Waals surface area contributed by atoms with Crippen LogP contribution in [0.5, 0.6) is 5.75 Å². The Hall–Kier alpha value is -3.14. The van der Waals surface area contributed by atoms with Crippen molar-refractivity contribution in [1.29, 1.82) is 0 Å². The molecule has 1 unspecified atom stereocenters. The highest BCUT2D eigenvalue weighted by atomic mass is 35.5.